The number of anilines is 1. The standard InChI is InChI=1S/C16H18N2O3/c1-2-18(10-11-6-8-12(17)9-7-11)16(21)15-13(19)4-3-5-14(15)20/h3-9,19-20H,2,10,17H2,1H3. The number of amides is 1. The van der Waals surface area contributed by atoms with Crippen LogP contribution in [0.25, 0.3) is 0 Å². The second-order valence-electron chi connectivity index (χ2n) is 4.73. The van der Waals surface area contributed by atoms with Crippen molar-refractivity contribution < 1.29 is 15.0 Å². The number of aromatic hydroxyl groups is 2. The van der Waals surface area contributed by atoms with E-state index < -0.39 is 5.91 Å². The van der Waals surface area contributed by atoms with Gasteiger partial charge in [-0.1, -0.05) is 18.2 Å². The first kappa shape index (κ1) is 14.7. The molecular weight excluding hydrogens is 268 g/mol. The summed E-state index contributed by atoms with van der Waals surface area (Å²) >= 11 is 0. The molecule has 0 heterocycles. The first-order chi connectivity index (χ1) is 10.0. The molecule has 0 saturated carbocycles. The number of hydrogen-bond acceptors (Lipinski definition) is 4. The Balaban J connectivity index is 2.24. The van der Waals surface area contributed by atoms with Gasteiger partial charge in [-0.2, -0.15) is 0 Å². The fourth-order valence-electron chi connectivity index (χ4n) is 2.08. The van der Waals surface area contributed by atoms with Crippen molar-refractivity contribution in [3.8, 4) is 11.5 Å². The van der Waals surface area contributed by atoms with Gasteiger partial charge in [-0.25, -0.2) is 0 Å². The van der Waals surface area contributed by atoms with Gasteiger partial charge >= 0.3 is 0 Å². The Kier molecular flexibility index (Phi) is 4.33. The minimum atomic E-state index is -0.412. The van der Waals surface area contributed by atoms with Gasteiger partial charge in [0.05, 0.1) is 0 Å². The summed E-state index contributed by atoms with van der Waals surface area (Å²) in [6.07, 6.45) is 0. The molecule has 4 N–H and O–H groups in total. The van der Waals surface area contributed by atoms with E-state index in [1.165, 1.54) is 18.2 Å². The highest BCUT2D eigenvalue weighted by Crippen LogP contribution is 2.28. The predicted molar refractivity (Wildman–Crippen MR) is 81.0 cm³/mol. The molecule has 5 nitrogen and oxygen atoms in total. The first-order valence-electron chi connectivity index (χ1n) is 6.67. The Morgan fingerprint density at radius 2 is 1.67 bits per heavy atom. The minimum Gasteiger partial charge on any atom is -0.507 e. The van der Waals surface area contributed by atoms with Crippen molar-refractivity contribution in [1.29, 1.82) is 0 Å². The molecule has 0 radical (unpaired) electrons. The first-order valence-corrected chi connectivity index (χ1v) is 6.67. The van der Waals surface area contributed by atoms with Gasteiger partial charge in [-0.05, 0) is 36.8 Å². The molecule has 0 fully saturated rings. The van der Waals surface area contributed by atoms with Crippen LogP contribution in [0.4, 0.5) is 5.69 Å². The summed E-state index contributed by atoms with van der Waals surface area (Å²) < 4.78 is 0. The van der Waals surface area contributed by atoms with Crippen molar-refractivity contribution in [3.63, 3.8) is 0 Å². The highest BCUT2D eigenvalue weighted by molar-refractivity contribution is 5.99. The summed E-state index contributed by atoms with van der Waals surface area (Å²) in [5.41, 5.74) is 7.14. The number of nitrogen functional groups attached to an aromatic ring is 1. The molecule has 0 spiro atoms. The second-order valence-corrected chi connectivity index (χ2v) is 4.73. The van der Waals surface area contributed by atoms with E-state index in [4.69, 9.17) is 5.73 Å². The molecular formula is C16H18N2O3. The normalized spacial score (nSPS) is 10.3. The summed E-state index contributed by atoms with van der Waals surface area (Å²) in [6.45, 7) is 2.67. The lowest BCUT2D eigenvalue weighted by Crippen LogP contribution is -2.30. The average Bonchev–Trinajstić information content (AvgIpc) is 2.46. The molecule has 0 aromatic heterocycles. The molecule has 2 aromatic rings. The lowest BCUT2D eigenvalue weighted by molar-refractivity contribution is 0.0746. The quantitative estimate of drug-likeness (QED) is 0.753. The van der Waals surface area contributed by atoms with E-state index in [1.807, 2.05) is 19.1 Å². The smallest absolute Gasteiger partial charge is 0.261 e. The molecule has 21 heavy (non-hydrogen) atoms. The van der Waals surface area contributed by atoms with E-state index in [-0.39, 0.29) is 17.1 Å². The maximum Gasteiger partial charge on any atom is 0.261 e. The molecule has 0 aliphatic carbocycles. The molecule has 2 rings (SSSR count). The zero-order chi connectivity index (χ0) is 15.4. The number of phenols is 2. The van der Waals surface area contributed by atoms with E-state index in [2.05, 4.69) is 0 Å². The minimum absolute atomic E-state index is 0.0743. The largest absolute Gasteiger partial charge is 0.507 e. The monoisotopic (exact) mass is 286 g/mol. The summed E-state index contributed by atoms with van der Waals surface area (Å²) in [4.78, 5) is 14.0. The fraction of sp³-hybridized carbons (Fsp3) is 0.188. The maximum atomic E-state index is 12.5. The van der Waals surface area contributed by atoms with Crippen LogP contribution < -0.4 is 5.73 Å². The summed E-state index contributed by atoms with van der Waals surface area (Å²) in [7, 11) is 0. The molecule has 0 aliphatic rings. The van der Waals surface area contributed by atoms with Crippen molar-refractivity contribution >= 4 is 11.6 Å². The van der Waals surface area contributed by atoms with Crippen LogP contribution in [-0.2, 0) is 6.54 Å². The number of nitrogens with zero attached hydrogens (tertiary/aromatic N) is 1. The van der Waals surface area contributed by atoms with Crippen molar-refractivity contribution in [3.05, 3.63) is 53.6 Å². The molecule has 0 aliphatic heterocycles. The van der Waals surface area contributed by atoms with Gasteiger partial charge in [-0.3, -0.25) is 4.79 Å². The number of phenolic OH excluding ortho intramolecular Hbond substituents is 2. The third kappa shape index (κ3) is 3.25. The third-order valence-electron chi connectivity index (χ3n) is 3.26. The molecule has 0 bridgehead atoms. The summed E-state index contributed by atoms with van der Waals surface area (Å²) in [6, 6.07) is 11.5. The van der Waals surface area contributed by atoms with Crippen LogP contribution in [0.5, 0.6) is 11.5 Å². The van der Waals surface area contributed by atoms with E-state index in [1.54, 1.807) is 17.0 Å². The Bertz CT molecular complexity index is 618. The van der Waals surface area contributed by atoms with Gasteiger partial charge in [0.15, 0.2) is 0 Å². The maximum absolute atomic E-state index is 12.5. The van der Waals surface area contributed by atoms with Gasteiger partial charge in [0, 0.05) is 18.8 Å². The number of benzene rings is 2. The Morgan fingerprint density at radius 1 is 1.10 bits per heavy atom. The second kappa shape index (κ2) is 6.17. The number of carbonyl (C=O) groups excluding carboxylic acids is 1. The fourth-order valence-corrected chi connectivity index (χ4v) is 2.08. The zero-order valence-electron chi connectivity index (χ0n) is 11.8. The van der Waals surface area contributed by atoms with Gasteiger partial charge in [0.1, 0.15) is 17.1 Å². The molecule has 5 heteroatoms. The number of hydrogen-bond donors (Lipinski definition) is 3. The van der Waals surface area contributed by atoms with Crippen molar-refractivity contribution in [2.75, 3.05) is 12.3 Å². The Morgan fingerprint density at radius 3 is 2.19 bits per heavy atom. The van der Waals surface area contributed by atoms with Crippen LogP contribution >= 0.6 is 0 Å². The van der Waals surface area contributed by atoms with Gasteiger partial charge < -0.3 is 20.8 Å². The lowest BCUT2D eigenvalue weighted by Gasteiger charge is -2.22. The number of rotatable bonds is 4. The number of nitrogens with two attached hydrogens (primary N) is 1. The molecule has 2 aromatic carbocycles. The average molecular weight is 286 g/mol. The van der Waals surface area contributed by atoms with Crippen LogP contribution in [0.3, 0.4) is 0 Å². The molecule has 0 saturated heterocycles. The molecule has 0 unspecified atom stereocenters. The van der Waals surface area contributed by atoms with E-state index in [0.717, 1.165) is 5.56 Å². The molecule has 1 amide bonds. The highest BCUT2D eigenvalue weighted by Gasteiger charge is 2.21. The zero-order valence-corrected chi connectivity index (χ0v) is 11.8. The Hall–Kier alpha value is -2.69. The van der Waals surface area contributed by atoms with E-state index >= 15 is 0 Å². The van der Waals surface area contributed by atoms with Crippen LogP contribution in [0.1, 0.15) is 22.8 Å². The predicted octanol–water partition coefficient (Wildman–Crippen LogP) is 2.34. The topological polar surface area (TPSA) is 86.8 Å². The van der Waals surface area contributed by atoms with Crippen LogP contribution in [0, 0.1) is 0 Å². The van der Waals surface area contributed by atoms with Crippen molar-refractivity contribution in [1.82, 2.24) is 4.90 Å². The van der Waals surface area contributed by atoms with Crippen LogP contribution in [-0.4, -0.2) is 27.6 Å². The molecule has 0 atom stereocenters. The van der Waals surface area contributed by atoms with Crippen LogP contribution in [0.15, 0.2) is 42.5 Å². The van der Waals surface area contributed by atoms with Crippen molar-refractivity contribution in [2.45, 2.75) is 13.5 Å². The van der Waals surface area contributed by atoms with Gasteiger partial charge in [0.25, 0.3) is 5.91 Å². The van der Waals surface area contributed by atoms with Gasteiger partial charge in [-0.15, -0.1) is 0 Å². The third-order valence-corrected chi connectivity index (χ3v) is 3.26. The van der Waals surface area contributed by atoms with E-state index in [9.17, 15) is 15.0 Å². The van der Waals surface area contributed by atoms with E-state index in [0.29, 0.717) is 18.8 Å². The SMILES string of the molecule is CCN(Cc1ccc(N)cc1)C(=O)c1c(O)cccc1O. The van der Waals surface area contributed by atoms with Gasteiger partial charge in [0.2, 0.25) is 0 Å². The number of carbonyl (C=O) groups is 1. The van der Waals surface area contributed by atoms with Crippen molar-refractivity contribution in [2.24, 2.45) is 0 Å². The lowest BCUT2D eigenvalue weighted by atomic mass is 10.1. The van der Waals surface area contributed by atoms with Crippen LogP contribution in [0.2, 0.25) is 0 Å². The Labute approximate surface area is 123 Å². The summed E-state index contributed by atoms with van der Waals surface area (Å²) in [5, 5.41) is 19.6. The summed E-state index contributed by atoms with van der Waals surface area (Å²) in [5.74, 6) is -0.864. The molecule has 110 valence electrons. The highest BCUT2D eigenvalue weighted by atomic mass is 16.3.